The molecule has 0 fully saturated rings. The Morgan fingerprint density at radius 3 is 2.42 bits per heavy atom. The monoisotopic (exact) mass is 173 g/mol. The molecule has 1 rings (SSSR count). The van der Waals surface area contributed by atoms with Crippen LogP contribution in [0.3, 0.4) is 0 Å². The molecule has 63 valence electrons. The third-order valence-electron chi connectivity index (χ3n) is 1.28. The summed E-state index contributed by atoms with van der Waals surface area (Å²) in [6.45, 7) is 1.42. The highest BCUT2D eigenvalue weighted by Gasteiger charge is 2.34. The molecule has 1 aromatic heterocycles. The molecule has 0 atom stereocenters. The van der Waals surface area contributed by atoms with Gasteiger partial charge in [-0.25, -0.2) is 0 Å². The van der Waals surface area contributed by atoms with Crippen molar-refractivity contribution in [2.75, 3.05) is 0 Å². The number of halogens is 3. The van der Waals surface area contributed by atoms with Crippen LogP contribution >= 0.6 is 0 Å². The summed E-state index contributed by atoms with van der Waals surface area (Å²) in [5.74, 6) is 0. The molecule has 12 heavy (non-hydrogen) atoms. The molecule has 1 radical (unpaired) electrons. The molecule has 0 unspecified atom stereocenters. The van der Waals surface area contributed by atoms with Gasteiger partial charge in [0, 0.05) is 12.5 Å². The quantitative estimate of drug-likeness (QED) is 0.545. The van der Waals surface area contributed by atoms with Crippen molar-refractivity contribution < 1.29 is 13.2 Å². The summed E-state index contributed by atoms with van der Waals surface area (Å²) in [4.78, 5) is 0. The van der Waals surface area contributed by atoms with Crippen LogP contribution in [0.15, 0.2) is 6.07 Å². The summed E-state index contributed by atoms with van der Waals surface area (Å²) in [6, 6.07) is 2.61. The van der Waals surface area contributed by atoms with E-state index < -0.39 is 11.9 Å². The molecule has 0 bridgehead atoms. The van der Waals surface area contributed by atoms with Crippen LogP contribution in [0.25, 0.3) is 0 Å². The molecule has 1 aromatic rings. The van der Waals surface area contributed by atoms with Crippen molar-refractivity contribution in [3.8, 4) is 6.04 Å². The molecule has 0 aliphatic rings. The second-order valence-electron chi connectivity index (χ2n) is 2.19. The van der Waals surface area contributed by atoms with E-state index in [1.165, 1.54) is 6.92 Å². The molecule has 5 heteroatoms. The van der Waals surface area contributed by atoms with Crippen molar-refractivity contribution in [1.29, 1.82) is 0 Å². The lowest BCUT2D eigenvalue weighted by Gasteiger charge is -1.98. The number of alkyl halides is 3. The molecule has 0 saturated carbocycles. The lowest BCUT2D eigenvalue weighted by Crippen LogP contribution is -2.06. The van der Waals surface area contributed by atoms with E-state index >= 15 is 0 Å². The molecular formula is C7H4F3N2. The van der Waals surface area contributed by atoms with E-state index in [1.54, 1.807) is 6.04 Å². The van der Waals surface area contributed by atoms with E-state index in [4.69, 9.17) is 6.42 Å². The minimum Gasteiger partial charge on any atom is -0.193 e. The Labute approximate surface area is 67.0 Å². The van der Waals surface area contributed by atoms with Crippen LogP contribution in [0.1, 0.15) is 11.4 Å². The molecule has 0 aliphatic heterocycles. The van der Waals surface area contributed by atoms with Gasteiger partial charge in [-0.15, -0.1) is 0 Å². The smallest absolute Gasteiger partial charge is 0.193 e. The highest BCUT2D eigenvalue weighted by Crippen LogP contribution is 2.28. The van der Waals surface area contributed by atoms with Gasteiger partial charge in [0.2, 0.25) is 0 Å². The molecule has 1 heterocycles. The van der Waals surface area contributed by atoms with Gasteiger partial charge in [-0.05, 0) is 13.0 Å². The highest BCUT2D eigenvalue weighted by atomic mass is 19.4. The minimum atomic E-state index is -4.45. The van der Waals surface area contributed by atoms with E-state index in [0.29, 0.717) is 0 Å². The number of hydrogen-bond acceptors (Lipinski definition) is 1. The first-order valence-corrected chi connectivity index (χ1v) is 3.02. The van der Waals surface area contributed by atoms with Crippen molar-refractivity contribution in [2.24, 2.45) is 0 Å². The van der Waals surface area contributed by atoms with Gasteiger partial charge in [-0.2, -0.15) is 23.0 Å². The summed E-state index contributed by atoms with van der Waals surface area (Å²) >= 11 is 0. The molecule has 0 spiro atoms. The van der Waals surface area contributed by atoms with E-state index in [2.05, 4.69) is 5.10 Å². The van der Waals surface area contributed by atoms with Gasteiger partial charge in [0.25, 0.3) is 0 Å². The Morgan fingerprint density at radius 2 is 2.17 bits per heavy atom. The fourth-order valence-corrected chi connectivity index (χ4v) is 0.726. The van der Waals surface area contributed by atoms with Gasteiger partial charge in [0.05, 0.1) is 5.69 Å². The van der Waals surface area contributed by atoms with E-state index in [9.17, 15) is 13.2 Å². The molecular weight excluding hydrogens is 169 g/mol. The number of aryl methyl sites for hydroxylation is 1. The van der Waals surface area contributed by atoms with Crippen LogP contribution in [-0.4, -0.2) is 9.78 Å². The molecule has 0 amide bonds. The second-order valence-corrected chi connectivity index (χ2v) is 2.19. The fraction of sp³-hybridized carbons (Fsp3) is 0.286. The number of rotatable bonds is 0. The molecule has 0 N–H and O–H groups in total. The lowest BCUT2D eigenvalue weighted by molar-refractivity contribution is -0.141. The number of hydrogen-bond donors (Lipinski definition) is 0. The first-order chi connectivity index (χ1) is 5.45. The summed E-state index contributed by atoms with van der Waals surface area (Å²) in [6.07, 6.45) is 2.13. The largest absolute Gasteiger partial charge is 0.435 e. The van der Waals surface area contributed by atoms with Gasteiger partial charge >= 0.3 is 6.18 Å². The molecule has 0 aliphatic carbocycles. The van der Waals surface area contributed by atoms with Crippen molar-refractivity contribution in [2.45, 2.75) is 13.1 Å². The predicted molar refractivity (Wildman–Crippen MR) is 34.5 cm³/mol. The molecule has 0 aromatic carbocycles. The summed E-state index contributed by atoms with van der Waals surface area (Å²) < 4.78 is 36.6. The SMILES string of the molecule is [C]#Cn1nc(C(F)(F)F)cc1C. The Hall–Kier alpha value is -1.44. The minimum absolute atomic E-state index is 0.234. The Bertz CT molecular complexity index is 329. The Kier molecular flexibility index (Phi) is 1.84. The lowest BCUT2D eigenvalue weighted by atomic mass is 10.4. The van der Waals surface area contributed by atoms with Crippen molar-refractivity contribution in [3.05, 3.63) is 23.9 Å². The van der Waals surface area contributed by atoms with Gasteiger partial charge in [0.1, 0.15) is 0 Å². The van der Waals surface area contributed by atoms with Gasteiger partial charge < -0.3 is 0 Å². The zero-order chi connectivity index (χ0) is 9.35. The third-order valence-corrected chi connectivity index (χ3v) is 1.28. The van der Waals surface area contributed by atoms with Crippen LogP contribution in [0.5, 0.6) is 0 Å². The second kappa shape index (κ2) is 2.55. The van der Waals surface area contributed by atoms with Gasteiger partial charge in [-0.1, -0.05) is 0 Å². The first-order valence-electron chi connectivity index (χ1n) is 3.02. The number of nitrogens with zero attached hydrogens (tertiary/aromatic N) is 2. The summed E-state index contributed by atoms with van der Waals surface area (Å²) in [7, 11) is 0. The predicted octanol–water partition coefficient (Wildman–Crippen LogP) is 1.61. The Balaban J connectivity index is 3.16. The zero-order valence-corrected chi connectivity index (χ0v) is 6.11. The van der Waals surface area contributed by atoms with Gasteiger partial charge in [0.15, 0.2) is 5.69 Å². The summed E-state index contributed by atoms with van der Waals surface area (Å²) in [5.41, 5.74) is -0.767. The highest BCUT2D eigenvalue weighted by molar-refractivity contribution is 5.14. The van der Waals surface area contributed by atoms with Crippen LogP contribution in [0, 0.1) is 19.4 Å². The van der Waals surface area contributed by atoms with E-state index in [1.807, 2.05) is 0 Å². The van der Waals surface area contributed by atoms with Gasteiger partial charge in [-0.3, -0.25) is 0 Å². The van der Waals surface area contributed by atoms with E-state index in [0.717, 1.165) is 10.7 Å². The van der Waals surface area contributed by atoms with E-state index in [-0.39, 0.29) is 5.69 Å². The maximum atomic E-state index is 12.0. The average Bonchev–Trinajstić information content (AvgIpc) is 2.29. The third kappa shape index (κ3) is 1.42. The van der Waals surface area contributed by atoms with Crippen LogP contribution < -0.4 is 0 Å². The Morgan fingerprint density at radius 1 is 1.58 bits per heavy atom. The average molecular weight is 173 g/mol. The topological polar surface area (TPSA) is 17.8 Å². The normalized spacial score (nSPS) is 11.2. The maximum Gasteiger partial charge on any atom is 0.435 e. The van der Waals surface area contributed by atoms with Crippen molar-refractivity contribution in [1.82, 2.24) is 9.78 Å². The van der Waals surface area contributed by atoms with Crippen molar-refractivity contribution >= 4 is 0 Å². The van der Waals surface area contributed by atoms with Crippen LogP contribution in [0.2, 0.25) is 0 Å². The standard InChI is InChI=1S/C7H4F3N2/c1-3-12-5(2)4-6(11-12)7(8,9)10/h4H,2H3. The molecule has 2 nitrogen and oxygen atoms in total. The number of aromatic nitrogens is 2. The fourth-order valence-electron chi connectivity index (χ4n) is 0.726. The summed E-state index contributed by atoms with van der Waals surface area (Å²) in [5, 5.41) is 3.09. The first kappa shape index (κ1) is 8.65. The van der Waals surface area contributed by atoms with Crippen LogP contribution in [-0.2, 0) is 6.18 Å². The van der Waals surface area contributed by atoms with Crippen molar-refractivity contribution in [3.63, 3.8) is 0 Å². The zero-order valence-electron chi connectivity index (χ0n) is 6.11. The molecule has 0 saturated heterocycles. The van der Waals surface area contributed by atoms with Crippen LogP contribution in [0.4, 0.5) is 13.2 Å². The maximum absolute atomic E-state index is 12.0.